The van der Waals surface area contributed by atoms with E-state index in [1.54, 1.807) is 6.08 Å². The maximum atomic E-state index is 13.4. The maximum Gasteiger partial charge on any atom is 0.337 e. The van der Waals surface area contributed by atoms with Gasteiger partial charge in [-0.05, 0) is 28.1 Å². The van der Waals surface area contributed by atoms with Crippen molar-refractivity contribution in [1.29, 1.82) is 0 Å². The molecule has 1 heterocycles. The van der Waals surface area contributed by atoms with Crippen LogP contribution in [-0.4, -0.2) is 23.5 Å². The summed E-state index contributed by atoms with van der Waals surface area (Å²) < 4.78 is 13.5. The molecule has 1 aromatic rings. The van der Waals surface area contributed by atoms with E-state index < -0.39 is 11.8 Å². The summed E-state index contributed by atoms with van der Waals surface area (Å²) in [6, 6.07) is 2.23. The number of carboxylic acids is 1. The first kappa shape index (κ1) is 13.7. The molecule has 0 spiro atoms. The van der Waals surface area contributed by atoms with E-state index in [-0.39, 0.29) is 34.0 Å². The van der Waals surface area contributed by atoms with E-state index in [2.05, 4.69) is 22.5 Å². The fourth-order valence-corrected chi connectivity index (χ4v) is 2.39. The number of carboxylic acid groups (broad SMARTS) is 1. The Morgan fingerprint density at radius 3 is 2.79 bits per heavy atom. The molecular formula is C13H11BrFNO3. The molecule has 1 aliphatic rings. The largest absolute Gasteiger partial charge is 0.478 e. The lowest BCUT2D eigenvalue weighted by atomic mass is 10.1. The minimum atomic E-state index is -1.27. The number of anilines is 1. The van der Waals surface area contributed by atoms with Crippen LogP contribution in [0, 0.1) is 11.7 Å². The highest BCUT2D eigenvalue weighted by Gasteiger charge is 2.31. The van der Waals surface area contributed by atoms with Crippen LogP contribution in [-0.2, 0) is 4.79 Å². The molecule has 1 unspecified atom stereocenters. The number of hydrogen-bond donors (Lipinski definition) is 1. The average molecular weight is 328 g/mol. The van der Waals surface area contributed by atoms with Gasteiger partial charge >= 0.3 is 5.97 Å². The number of amides is 1. The lowest BCUT2D eigenvalue weighted by molar-refractivity contribution is -0.117. The quantitative estimate of drug-likeness (QED) is 0.868. The fourth-order valence-electron chi connectivity index (χ4n) is 2.06. The van der Waals surface area contributed by atoms with E-state index in [0.717, 1.165) is 6.07 Å². The summed E-state index contributed by atoms with van der Waals surface area (Å²) in [5.41, 5.74) is -0.0195. The van der Waals surface area contributed by atoms with Crippen molar-refractivity contribution in [1.82, 2.24) is 0 Å². The van der Waals surface area contributed by atoms with Crippen molar-refractivity contribution >= 4 is 33.5 Å². The van der Waals surface area contributed by atoms with Gasteiger partial charge in [0.2, 0.25) is 5.91 Å². The van der Waals surface area contributed by atoms with Crippen LogP contribution in [0.3, 0.4) is 0 Å². The smallest absolute Gasteiger partial charge is 0.337 e. The standard InChI is InChI=1S/C13H11BrFNO3/c1-2-7-3-12(17)16(6-7)11-5-9(14)10(15)4-8(11)13(18)19/h2,4-5,7H,1,3,6H2,(H,18,19). The van der Waals surface area contributed by atoms with Crippen molar-refractivity contribution in [3.8, 4) is 0 Å². The highest BCUT2D eigenvalue weighted by molar-refractivity contribution is 9.10. The third-order valence-electron chi connectivity index (χ3n) is 3.05. The van der Waals surface area contributed by atoms with E-state index in [1.807, 2.05) is 0 Å². The Bertz CT molecular complexity index is 573. The van der Waals surface area contributed by atoms with Gasteiger partial charge < -0.3 is 10.0 Å². The van der Waals surface area contributed by atoms with Gasteiger partial charge in [0.05, 0.1) is 15.7 Å². The topological polar surface area (TPSA) is 57.6 Å². The number of hydrogen-bond acceptors (Lipinski definition) is 2. The molecule has 6 heteroatoms. The van der Waals surface area contributed by atoms with E-state index in [0.29, 0.717) is 6.54 Å². The molecule has 1 aromatic carbocycles. The van der Waals surface area contributed by atoms with Gasteiger partial charge in [0.25, 0.3) is 0 Å². The van der Waals surface area contributed by atoms with Gasteiger partial charge in [-0.25, -0.2) is 9.18 Å². The molecular weight excluding hydrogens is 317 g/mol. The highest BCUT2D eigenvalue weighted by atomic mass is 79.9. The van der Waals surface area contributed by atoms with Crippen LogP contribution in [0.2, 0.25) is 0 Å². The van der Waals surface area contributed by atoms with Crippen molar-refractivity contribution in [3.63, 3.8) is 0 Å². The molecule has 100 valence electrons. The first-order valence-electron chi connectivity index (χ1n) is 5.59. The number of halogens is 2. The average Bonchev–Trinajstić information content (AvgIpc) is 2.73. The summed E-state index contributed by atoms with van der Waals surface area (Å²) in [4.78, 5) is 24.4. The predicted octanol–water partition coefficient (Wildman–Crippen LogP) is 2.83. The Balaban J connectivity index is 2.50. The Labute approximate surface area is 117 Å². The number of aromatic carboxylic acids is 1. The van der Waals surface area contributed by atoms with Crippen molar-refractivity contribution in [2.24, 2.45) is 5.92 Å². The van der Waals surface area contributed by atoms with Crippen molar-refractivity contribution in [2.45, 2.75) is 6.42 Å². The van der Waals surface area contributed by atoms with Gasteiger partial charge in [-0.15, -0.1) is 6.58 Å². The van der Waals surface area contributed by atoms with Crippen LogP contribution in [0.4, 0.5) is 10.1 Å². The zero-order chi connectivity index (χ0) is 14.2. The zero-order valence-corrected chi connectivity index (χ0v) is 11.5. The van der Waals surface area contributed by atoms with E-state index in [9.17, 15) is 14.0 Å². The Hall–Kier alpha value is -1.69. The second-order valence-electron chi connectivity index (χ2n) is 4.29. The fraction of sp³-hybridized carbons (Fsp3) is 0.231. The van der Waals surface area contributed by atoms with Crippen molar-refractivity contribution in [3.05, 3.63) is 40.6 Å². The summed E-state index contributed by atoms with van der Waals surface area (Å²) in [6.45, 7) is 3.99. The molecule has 2 rings (SSSR count). The molecule has 19 heavy (non-hydrogen) atoms. The van der Waals surface area contributed by atoms with Gasteiger partial charge in [0.1, 0.15) is 5.82 Å². The summed E-state index contributed by atoms with van der Waals surface area (Å²) in [5.74, 6) is -2.15. The van der Waals surface area contributed by atoms with Crippen LogP contribution in [0.25, 0.3) is 0 Å². The lowest BCUT2D eigenvalue weighted by Gasteiger charge is -2.19. The SMILES string of the molecule is C=CC1CC(=O)N(c2cc(Br)c(F)cc2C(=O)O)C1. The van der Waals surface area contributed by atoms with Gasteiger partial charge in [-0.3, -0.25) is 4.79 Å². The monoisotopic (exact) mass is 327 g/mol. The Kier molecular flexibility index (Phi) is 3.71. The van der Waals surface area contributed by atoms with Crippen molar-refractivity contribution in [2.75, 3.05) is 11.4 Å². The van der Waals surface area contributed by atoms with Gasteiger partial charge in [0.15, 0.2) is 0 Å². The normalized spacial score (nSPS) is 18.7. The predicted molar refractivity (Wildman–Crippen MR) is 71.7 cm³/mol. The molecule has 1 saturated heterocycles. The minimum Gasteiger partial charge on any atom is -0.478 e. The van der Waals surface area contributed by atoms with Crippen LogP contribution < -0.4 is 4.90 Å². The summed E-state index contributed by atoms with van der Waals surface area (Å²) in [7, 11) is 0. The third kappa shape index (κ3) is 2.53. The first-order chi connectivity index (χ1) is 8.93. The van der Waals surface area contributed by atoms with E-state index in [4.69, 9.17) is 5.11 Å². The molecule has 1 fully saturated rings. The molecule has 1 aliphatic heterocycles. The summed E-state index contributed by atoms with van der Waals surface area (Å²) >= 11 is 3.00. The number of nitrogens with zero attached hydrogens (tertiary/aromatic N) is 1. The third-order valence-corrected chi connectivity index (χ3v) is 3.66. The van der Waals surface area contributed by atoms with Crippen LogP contribution in [0.15, 0.2) is 29.3 Å². The number of rotatable bonds is 3. The number of benzene rings is 1. The molecule has 0 radical (unpaired) electrons. The van der Waals surface area contributed by atoms with Crippen LogP contribution >= 0.6 is 15.9 Å². The molecule has 1 atom stereocenters. The molecule has 0 aromatic heterocycles. The number of carbonyl (C=O) groups is 2. The molecule has 4 nitrogen and oxygen atoms in total. The van der Waals surface area contributed by atoms with Crippen LogP contribution in [0.5, 0.6) is 0 Å². The van der Waals surface area contributed by atoms with Gasteiger partial charge in [0, 0.05) is 18.9 Å². The summed E-state index contributed by atoms with van der Waals surface area (Å²) in [6.07, 6.45) is 1.95. The summed E-state index contributed by atoms with van der Waals surface area (Å²) in [5, 5.41) is 9.11. The molecule has 0 aliphatic carbocycles. The zero-order valence-electron chi connectivity index (χ0n) is 9.90. The van der Waals surface area contributed by atoms with Gasteiger partial charge in [-0.2, -0.15) is 0 Å². The minimum absolute atomic E-state index is 0.0158. The van der Waals surface area contributed by atoms with Crippen LogP contribution in [0.1, 0.15) is 16.8 Å². The van der Waals surface area contributed by atoms with E-state index >= 15 is 0 Å². The Morgan fingerprint density at radius 1 is 1.58 bits per heavy atom. The Morgan fingerprint density at radius 2 is 2.26 bits per heavy atom. The lowest BCUT2D eigenvalue weighted by Crippen LogP contribution is -2.26. The van der Waals surface area contributed by atoms with Crippen molar-refractivity contribution < 1.29 is 19.1 Å². The maximum absolute atomic E-state index is 13.4. The second kappa shape index (κ2) is 5.13. The molecule has 1 amide bonds. The van der Waals surface area contributed by atoms with E-state index in [1.165, 1.54) is 11.0 Å². The van der Waals surface area contributed by atoms with Gasteiger partial charge in [-0.1, -0.05) is 6.08 Å². The second-order valence-corrected chi connectivity index (χ2v) is 5.15. The number of carbonyl (C=O) groups excluding carboxylic acids is 1. The molecule has 1 N–H and O–H groups in total. The first-order valence-corrected chi connectivity index (χ1v) is 6.38. The molecule has 0 bridgehead atoms. The highest BCUT2D eigenvalue weighted by Crippen LogP contribution is 2.32. The molecule has 0 saturated carbocycles.